The van der Waals surface area contributed by atoms with Crippen LogP contribution in [-0.4, -0.2) is 5.97 Å². The van der Waals surface area contributed by atoms with Gasteiger partial charge in [0, 0.05) is 0 Å². The Morgan fingerprint density at radius 3 is 2.55 bits per heavy atom. The number of hydrogen-bond acceptors (Lipinski definition) is 2. The molecule has 0 aromatic heterocycles. The van der Waals surface area contributed by atoms with Gasteiger partial charge in [0.05, 0.1) is 12.7 Å². The Kier molecular flexibility index (Phi) is 7.41. The molecule has 0 aliphatic rings. The van der Waals surface area contributed by atoms with Crippen LogP contribution in [0.3, 0.4) is 0 Å². The van der Waals surface area contributed by atoms with Gasteiger partial charge in [-0.2, -0.15) is 0 Å². The molecule has 1 aromatic carbocycles. The van der Waals surface area contributed by atoms with Gasteiger partial charge in [-0.05, 0) is 37.8 Å². The third-order valence-corrected chi connectivity index (χ3v) is 2.97. The zero-order chi connectivity index (χ0) is 14.8. The van der Waals surface area contributed by atoms with Crippen molar-refractivity contribution in [1.82, 2.24) is 0 Å². The molecule has 0 aliphatic heterocycles. The predicted molar refractivity (Wildman–Crippen MR) is 83.3 cm³/mol. The lowest BCUT2D eigenvalue weighted by Gasteiger charge is -2.02. The maximum absolute atomic E-state index is 11.7. The summed E-state index contributed by atoms with van der Waals surface area (Å²) in [7, 11) is 0. The average molecular weight is 272 g/mol. The molecule has 108 valence electrons. The summed E-state index contributed by atoms with van der Waals surface area (Å²) in [6, 6.07) is 9.62. The first-order valence-corrected chi connectivity index (χ1v) is 7.19. The minimum atomic E-state index is -0.227. The molecule has 1 rings (SSSR count). The number of hydrogen-bond donors (Lipinski definition) is 0. The van der Waals surface area contributed by atoms with E-state index in [0.29, 0.717) is 6.42 Å². The van der Waals surface area contributed by atoms with Crippen LogP contribution < -0.4 is 0 Å². The molecule has 2 heteroatoms. The second-order valence-electron chi connectivity index (χ2n) is 5.11. The number of allylic oxidation sites excluding steroid dienone is 3. The van der Waals surface area contributed by atoms with E-state index >= 15 is 0 Å². The highest BCUT2D eigenvalue weighted by molar-refractivity contribution is 5.73. The third kappa shape index (κ3) is 6.93. The van der Waals surface area contributed by atoms with E-state index in [1.807, 2.05) is 37.3 Å². The highest BCUT2D eigenvalue weighted by atomic mass is 16.5. The van der Waals surface area contributed by atoms with Gasteiger partial charge in [-0.3, -0.25) is 4.79 Å². The molecule has 0 heterocycles. The molecule has 0 aliphatic carbocycles. The topological polar surface area (TPSA) is 26.3 Å². The average Bonchev–Trinajstić information content (AvgIpc) is 2.44. The van der Waals surface area contributed by atoms with Gasteiger partial charge >= 0.3 is 5.97 Å². The molecule has 0 unspecified atom stereocenters. The number of carbonyl (C=O) groups is 1. The van der Waals surface area contributed by atoms with Gasteiger partial charge in [-0.15, -0.1) is 0 Å². The van der Waals surface area contributed by atoms with E-state index in [1.54, 1.807) is 6.26 Å². The van der Waals surface area contributed by atoms with Crippen molar-refractivity contribution in [3.8, 4) is 0 Å². The fourth-order valence-electron chi connectivity index (χ4n) is 1.91. The zero-order valence-electron chi connectivity index (χ0n) is 12.7. The molecular formula is C18H24O2. The SMILES string of the molecule is CCCC/C(C)=C/C(C)=C/OC(=O)Cc1ccccc1. The van der Waals surface area contributed by atoms with Crippen molar-refractivity contribution in [2.24, 2.45) is 0 Å². The summed E-state index contributed by atoms with van der Waals surface area (Å²) in [5.74, 6) is -0.227. The highest BCUT2D eigenvalue weighted by Gasteiger charge is 2.02. The summed E-state index contributed by atoms with van der Waals surface area (Å²) < 4.78 is 5.17. The number of benzene rings is 1. The molecule has 0 bridgehead atoms. The second kappa shape index (κ2) is 9.13. The summed E-state index contributed by atoms with van der Waals surface area (Å²) in [6.07, 6.45) is 7.42. The minimum absolute atomic E-state index is 0.227. The molecule has 0 atom stereocenters. The van der Waals surface area contributed by atoms with Crippen molar-refractivity contribution < 1.29 is 9.53 Å². The van der Waals surface area contributed by atoms with Crippen LogP contribution in [0.5, 0.6) is 0 Å². The Morgan fingerprint density at radius 1 is 1.20 bits per heavy atom. The summed E-state index contributed by atoms with van der Waals surface area (Å²) in [5, 5.41) is 0. The first-order valence-electron chi connectivity index (χ1n) is 7.19. The Labute approximate surface area is 122 Å². The van der Waals surface area contributed by atoms with E-state index in [2.05, 4.69) is 19.9 Å². The van der Waals surface area contributed by atoms with Gasteiger partial charge in [0.1, 0.15) is 0 Å². The van der Waals surface area contributed by atoms with E-state index in [1.165, 1.54) is 18.4 Å². The Balaban J connectivity index is 2.44. The smallest absolute Gasteiger partial charge is 0.315 e. The second-order valence-corrected chi connectivity index (χ2v) is 5.11. The fourth-order valence-corrected chi connectivity index (χ4v) is 1.91. The molecule has 0 fully saturated rings. The predicted octanol–water partition coefficient (Wildman–Crippen LogP) is 4.81. The number of carbonyl (C=O) groups excluding carboxylic acids is 1. The van der Waals surface area contributed by atoms with Crippen LogP contribution in [0.25, 0.3) is 0 Å². The van der Waals surface area contributed by atoms with Crippen LogP contribution in [0, 0.1) is 0 Å². The summed E-state index contributed by atoms with van der Waals surface area (Å²) in [4.78, 5) is 11.7. The molecule has 20 heavy (non-hydrogen) atoms. The van der Waals surface area contributed by atoms with Crippen LogP contribution in [0.1, 0.15) is 45.6 Å². The monoisotopic (exact) mass is 272 g/mol. The molecule has 0 N–H and O–H groups in total. The van der Waals surface area contributed by atoms with Gasteiger partial charge in [0.15, 0.2) is 0 Å². The lowest BCUT2D eigenvalue weighted by atomic mass is 10.1. The van der Waals surface area contributed by atoms with E-state index in [-0.39, 0.29) is 5.97 Å². The van der Waals surface area contributed by atoms with Gasteiger partial charge in [-0.1, -0.05) is 55.3 Å². The van der Waals surface area contributed by atoms with Crippen LogP contribution in [-0.2, 0) is 16.0 Å². The van der Waals surface area contributed by atoms with Gasteiger partial charge in [-0.25, -0.2) is 0 Å². The summed E-state index contributed by atoms with van der Waals surface area (Å²) in [6.45, 7) is 6.24. The van der Waals surface area contributed by atoms with Crippen molar-refractivity contribution >= 4 is 5.97 Å². The summed E-state index contributed by atoms with van der Waals surface area (Å²) >= 11 is 0. The first kappa shape index (κ1) is 16.2. The number of rotatable bonds is 7. The quantitative estimate of drug-likeness (QED) is 0.404. The van der Waals surface area contributed by atoms with E-state index < -0.39 is 0 Å². The van der Waals surface area contributed by atoms with Crippen molar-refractivity contribution in [2.75, 3.05) is 0 Å². The molecule has 1 aromatic rings. The molecule has 0 amide bonds. The third-order valence-electron chi connectivity index (χ3n) is 2.97. The molecule has 2 nitrogen and oxygen atoms in total. The maximum atomic E-state index is 11.7. The molecule has 0 saturated heterocycles. The fraction of sp³-hybridized carbons (Fsp3) is 0.389. The standard InChI is InChI=1S/C18H24O2/c1-4-5-9-15(2)12-16(3)14-20-18(19)13-17-10-7-6-8-11-17/h6-8,10-12,14H,4-5,9,13H2,1-3H3/b15-12+,16-14+. The summed E-state index contributed by atoms with van der Waals surface area (Å²) in [5.41, 5.74) is 3.26. The van der Waals surface area contributed by atoms with E-state index in [9.17, 15) is 4.79 Å². The van der Waals surface area contributed by atoms with Crippen molar-refractivity contribution in [2.45, 2.75) is 46.5 Å². The maximum Gasteiger partial charge on any atom is 0.315 e. The van der Waals surface area contributed by atoms with Crippen molar-refractivity contribution in [3.05, 3.63) is 59.4 Å². The largest absolute Gasteiger partial charge is 0.434 e. The Morgan fingerprint density at radius 2 is 1.90 bits per heavy atom. The van der Waals surface area contributed by atoms with Crippen LogP contribution >= 0.6 is 0 Å². The van der Waals surface area contributed by atoms with E-state index in [4.69, 9.17) is 4.74 Å². The lowest BCUT2D eigenvalue weighted by molar-refractivity contribution is -0.137. The Bertz CT molecular complexity index is 469. The Hall–Kier alpha value is -1.83. The number of ether oxygens (including phenoxy) is 1. The first-order chi connectivity index (χ1) is 9.61. The van der Waals surface area contributed by atoms with Crippen LogP contribution in [0.4, 0.5) is 0 Å². The van der Waals surface area contributed by atoms with Gasteiger partial charge in [0.25, 0.3) is 0 Å². The molecule has 0 spiro atoms. The van der Waals surface area contributed by atoms with Crippen molar-refractivity contribution in [1.29, 1.82) is 0 Å². The minimum Gasteiger partial charge on any atom is -0.434 e. The van der Waals surface area contributed by atoms with Crippen LogP contribution in [0.2, 0.25) is 0 Å². The molecule has 0 saturated carbocycles. The lowest BCUT2D eigenvalue weighted by Crippen LogP contribution is -2.04. The normalized spacial score (nSPS) is 12.3. The van der Waals surface area contributed by atoms with E-state index in [0.717, 1.165) is 17.6 Å². The van der Waals surface area contributed by atoms with Gasteiger partial charge < -0.3 is 4.74 Å². The number of esters is 1. The zero-order valence-corrected chi connectivity index (χ0v) is 12.7. The molecule has 0 radical (unpaired) electrons. The van der Waals surface area contributed by atoms with Crippen molar-refractivity contribution in [3.63, 3.8) is 0 Å². The highest BCUT2D eigenvalue weighted by Crippen LogP contribution is 2.10. The van der Waals surface area contributed by atoms with Gasteiger partial charge in [0.2, 0.25) is 0 Å². The van der Waals surface area contributed by atoms with Crippen LogP contribution in [0.15, 0.2) is 53.8 Å². The number of unbranched alkanes of at least 4 members (excludes halogenated alkanes) is 1. The molecular weight excluding hydrogens is 248 g/mol.